The van der Waals surface area contributed by atoms with Crippen molar-refractivity contribution in [2.75, 3.05) is 0 Å². The fourth-order valence-electron chi connectivity index (χ4n) is 2.73. The van der Waals surface area contributed by atoms with Gasteiger partial charge in [0.05, 0.1) is 12.2 Å². The minimum atomic E-state index is -0.539. The van der Waals surface area contributed by atoms with E-state index in [0.29, 0.717) is 5.75 Å². The summed E-state index contributed by atoms with van der Waals surface area (Å²) in [5.74, 6) is -0.0977. The molecule has 1 aliphatic rings. The first-order valence-electron chi connectivity index (χ1n) is 7.14. The maximum atomic E-state index is 12.5. The Morgan fingerprint density at radius 2 is 2.00 bits per heavy atom. The SMILES string of the molecule is N#Cc1cnn(C2CCCC2)c1C(=O)Oc1ccc(Br)cc1. The molecule has 2 aromatic rings. The minimum Gasteiger partial charge on any atom is -0.422 e. The lowest BCUT2D eigenvalue weighted by Gasteiger charge is -2.13. The summed E-state index contributed by atoms with van der Waals surface area (Å²) in [6.07, 6.45) is 5.63. The van der Waals surface area contributed by atoms with Crippen LogP contribution in [0.15, 0.2) is 34.9 Å². The molecule has 6 heteroatoms. The molecular weight excluding hydrogens is 346 g/mol. The molecule has 5 nitrogen and oxygen atoms in total. The minimum absolute atomic E-state index is 0.176. The second-order valence-corrected chi connectivity index (χ2v) is 6.16. The topological polar surface area (TPSA) is 67.9 Å². The summed E-state index contributed by atoms with van der Waals surface area (Å²) in [5, 5.41) is 13.4. The Hall–Kier alpha value is -2.13. The number of nitrogens with zero attached hydrogens (tertiary/aromatic N) is 3. The van der Waals surface area contributed by atoms with Crippen LogP contribution in [0, 0.1) is 11.3 Å². The number of hydrogen-bond donors (Lipinski definition) is 0. The number of esters is 1. The number of nitriles is 1. The molecule has 0 N–H and O–H groups in total. The van der Waals surface area contributed by atoms with Crippen LogP contribution in [-0.2, 0) is 0 Å². The molecule has 1 fully saturated rings. The number of rotatable bonds is 3. The Bertz CT molecular complexity index is 725. The molecule has 1 aromatic heterocycles. The summed E-state index contributed by atoms with van der Waals surface area (Å²) in [6, 6.07) is 9.18. The predicted octanol–water partition coefficient (Wildman–Crippen LogP) is 3.85. The van der Waals surface area contributed by atoms with E-state index < -0.39 is 5.97 Å². The van der Waals surface area contributed by atoms with Crippen molar-refractivity contribution in [2.24, 2.45) is 0 Å². The van der Waals surface area contributed by atoms with E-state index in [0.717, 1.165) is 30.2 Å². The van der Waals surface area contributed by atoms with Crippen molar-refractivity contribution in [1.29, 1.82) is 5.26 Å². The lowest BCUT2D eigenvalue weighted by molar-refractivity contribution is 0.0718. The second-order valence-electron chi connectivity index (χ2n) is 5.24. The van der Waals surface area contributed by atoms with Crippen LogP contribution in [0.5, 0.6) is 5.75 Å². The number of hydrogen-bond acceptors (Lipinski definition) is 4. The number of carbonyl (C=O) groups excluding carboxylic acids is 1. The van der Waals surface area contributed by atoms with Crippen LogP contribution in [0.2, 0.25) is 0 Å². The van der Waals surface area contributed by atoms with Crippen LogP contribution in [0.25, 0.3) is 0 Å². The van der Waals surface area contributed by atoms with Gasteiger partial charge in [0.25, 0.3) is 0 Å². The molecule has 1 saturated carbocycles. The van der Waals surface area contributed by atoms with Crippen molar-refractivity contribution in [3.63, 3.8) is 0 Å². The van der Waals surface area contributed by atoms with Gasteiger partial charge >= 0.3 is 5.97 Å². The molecule has 3 rings (SSSR count). The highest BCUT2D eigenvalue weighted by atomic mass is 79.9. The highest BCUT2D eigenvalue weighted by Crippen LogP contribution is 2.31. The van der Waals surface area contributed by atoms with E-state index >= 15 is 0 Å². The lowest BCUT2D eigenvalue weighted by Crippen LogP contribution is -2.19. The van der Waals surface area contributed by atoms with Gasteiger partial charge in [-0.05, 0) is 37.1 Å². The van der Waals surface area contributed by atoms with Gasteiger partial charge in [0.2, 0.25) is 0 Å². The summed E-state index contributed by atoms with van der Waals surface area (Å²) >= 11 is 3.33. The average Bonchev–Trinajstić information content (AvgIpc) is 3.17. The van der Waals surface area contributed by atoms with Gasteiger partial charge in [-0.3, -0.25) is 4.68 Å². The number of benzene rings is 1. The Kier molecular flexibility index (Phi) is 4.25. The van der Waals surface area contributed by atoms with Crippen LogP contribution >= 0.6 is 15.9 Å². The van der Waals surface area contributed by atoms with Gasteiger partial charge in [0.15, 0.2) is 5.69 Å². The Labute approximate surface area is 136 Å². The Morgan fingerprint density at radius 3 is 2.64 bits per heavy atom. The second kappa shape index (κ2) is 6.32. The summed E-state index contributed by atoms with van der Waals surface area (Å²) < 4.78 is 7.95. The van der Waals surface area contributed by atoms with Crippen LogP contribution in [-0.4, -0.2) is 15.7 Å². The zero-order valence-electron chi connectivity index (χ0n) is 11.8. The molecule has 22 heavy (non-hydrogen) atoms. The lowest BCUT2D eigenvalue weighted by atomic mass is 10.2. The van der Waals surface area contributed by atoms with Gasteiger partial charge in [0.1, 0.15) is 17.4 Å². The van der Waals surface area contributed by atoms with Gasteiger partial charge < -0.3 is 4.74 Å². The van der Waals surface area contributed by atoms with Crippen molar-refractivity contribution >= 4 is 21.9 Å². The van der Waals surface area contributed by atoms with Gasteiger partial charge in [-0.15, -0.1) is 0 Å². The van der Waals surface area contributed by atoms with Gasteiger partial charge in [-0.1, -0.05) is 28.8 Å². The third-order valence-corrected chi connectivity index (χ3v) is 4.33. The van der Waals surface area contributed by atoms with Crippen LogP contribution in [0.4, 0.5) is 0 Å². The first-order valence-corrected chi connectivity index (χ1v) is 7.93. The average molecular weight is 360 g/mol. The summed E-state index contributed by atoms with van der Waals surface area (Å²) in [5.41, 5.74) is 0.506. The molecule has 0 radical (unpaired) electrons. The smallest absolute Gasteiger partial charge is 0.363 e. The third kappa shape index (κ3) is 2.90. The molecule has 112 valence electrons. The maximum Gasteiger partial charge on any atom is 0.363 e. The van der Waals surface area contributed by atoms with Crippen LogP contribution in [0.1, 0.15) is 47.8 Å². The van der Waals surface area contributed by atoms with Gasteiger partial charge in [-0.25, -0.2) is 4.79 Å². The monoisotopic (exact) mass is 359 g/mol. The molecule has 0 bridgehead atoms. The molecule has 0 aliphatic heterocycles. The van der Waals surface area contributed by atoms with Crippen molar-refractivity contribution in [3.05, 3.63) is 46.2 Å². The number of halogens is 1. The first-order chi connectivity index (χ1) is 10.7. The number of ether oxygens (including phenoxy) is 1. The van der Waals surface area contributed by atoms with Crippen molar-refractivity contribution < 1.29 is 9.53 Å². The molecule has 1 heterocycles. The fourth-order valence-corrected chi connectivity index (χ4v) is 3.00. The largest absolute Gasteiger partial charge is 0.422 e. The van der Waals surface area contributed by atoms with Gasteiger partial charge in [-0.2, -0.15) is 10.4 Å². The molecule has 0 spiro atoms. The van der Waals surface area contributed by atoms with E-state index in [1.165, 1.54) is 6.20 Å². The molecule has 0 saturated heterocycles. The Morgan fingerprint density at radius 1 is 1.32 bits per heavy atom. The molecule has 1 aliphatic carbocycles. The third-order valence-electron chi connectivity index (χ3n) is 3.80. The summed E-state index contributed by atoms with van der Waals surface area (Å²) in [4.78, 5) is 12.5. The van der Waals surface area contributed by atoms with E-state index in [9.17, 15) is 10.1 Å². The van der Waals surface area contributed by atoms with Gasteiger partial charge in [0, 0.05) is 4.47 Å². The maximum absolute atomic E-state index is 12.5. The van der Waals surface area contributed by atoms with Crippen molar-refractivity contribution in [1.82, 2.24) is 9.78 Å². The zero-order valence-corrected chi connectivity index (χ0v) is 13.4. The van der Waals surface area contributed by atoms with Crippen molar-refractivity contribution in [3.8, 4) is 11.8 Å². The molecular formula is C16H14BrN3O2. The van der Waals surface area contributed by atoms with Crippen LogP contribution in [0.3, 0.4) is 0 Å². The highest BCUT2D eigenvalue weighted by Gasteiger charge is 2.27. The van der Waals surface area contributed by atoms with E-state index in [1.807, 2.05) is 6.07 Å². The molecule has 1 aromatic carbocycles. The number of aromatic nitrogens is 2. The normalized spacial score (nSPS) is 14.7. The summed E-state index contributed by atoms with van der Waals surface area (Å²) in [6.45, 7) is 0. The number of carbonyl (C=O) groups is 1. The molecule has 0 atom stereocenters. The van der Waals surface area contributed by atoms with E-state index in [1.54, 1.807) is 28.9 Å². The van der Waals surface area contributed by atoms with E-state index in [2.05, 4.69) is 21.0 Å². The standard InChI is InChI=1S/C16H14BrN3O2/c17-12-5-7-14(8-6-12)22-16(21)15-11(9-18)10-19-20(15)13-3-1-2-4-13/h5-8,10,13H,1-4H2. The zero-order chi connectivity index (χ0) is 15.5. The fraction of sp³-hybridized carbons (Fsp3) is 0.312. The van der Waals surface area contributed by atoms with Crippen LogP contribution < -0.4 is 4.74 Å². The summed E-state index contributed by atoms with van der Waals surface area (Å²) in [7, 11) is 0. The Balaban J connectivity index is 1.89. The predicted molar refractivity (Wildman–Crippen MR) is 83.5 cm³/mol. The molecule has 0 unspecified atom stereocenters. The highest BCUT2D eigenvalue weighted by molar-refractivity contribution is 9.10. The van der Waals surface area contributed by atoms with E-state index in [4.69, 9.17) is 4.74 Å². The van der Waals surface area contributed by atoms with E-state index in [-0.39, 0.29) is 17.3 Å². The quantitative estimate of drug-likeness (QED) is 0.616. The first kappa shape index (κ1) is 14.8. The molecule has 0 amide bonds. The van der Waals surface area contributed by atoms with Crippen molar-refractivity contribution in [2.45, 2.75) is 31.7 Å².